The molecule has 0 aliphatic heterocycles. The average Bonchev–Trinajstić information content (AvgIpc) is 2.59. The molecule has 5 rings (SSSR count). The minimum atomic E-state index is -0.498. The first-order valence-electron chi connectivity index (χ1n) is 9.97. The monoisotopic (exact) mass is 368 g/mol. The van der Waals surface area contributed by atoms with Gasteiger partial charge in [0.1, 0.15) is 17.1 Å². The molecule has 0 spiro atoms. The van der Waals surface area contributed by atoms with Crippen LogP contribution in [0.2, 0.25) is 0 Å². The first-order valence-corrected chi connectivity index (χ1v) is 9.97. The highest BCUT2D eigenvalue weighted by Crippen LogP contribution is 2.59. The Kier molecular flexibility index (Phi) is 4.40. The molecule has 4 aliphatic carbocycles. The van der Waals surface area contributed by atoms with Crippen molar-refractivity contribution in [1.29, 1.82) is 0 Å². The number of hydrogen-bond acceptors (Lipinski definition) is 4. The van der Waals surface area contributed by atoms with Gasteiger partial charge in [0.25, 0.3) is 0 Å². The van der Waals surface area contributed by atoms with E-state index < -0.39 is 5.97 Å². The molecular weight excluding hydrogens is 340 g/mol. The molecule has 0 amide bonds. The highest BCUT2D eigenvalue weighted by molar-refractivity contribution is 5.95. The van der Waals surface area contributed by atoms with Crippen LogP contribution in [-0.4, -0.2) is 17.4 Å². The number of esters is 1. The molecule has 4 fully saturated rings. The number of ketones is 1. The van der Waals surface area contributed by atoms with Gasteiger partial charge < -0.3 is 9.47 Å². The molecule has 1 aromatic carbocycles. The highest BCUT2D eigenvalue weighted by atomic mass is 16.5. The summed E-state index contributed by atoms with van der Waals surface area (Å²) in [5, 5.41) is 0. The maximum absolute atomic E-state index is 12.0. The summed E-state index contributed by atoms with van der Waals surface area (Å²) in [4.78, 5) is 23.9. The number of carbonyl (C=O) groups is 2. The molecule has 144 valence electrons. The standard InChI is InChI=1S/C23H28O4/c1-13(2)22(25)26-20-10-17(14(3)24)11-21(12-20)27-23(4)18-6-15-5-16(8-18)9-19(23)7-15/h10-12,15-16,18-19H,1,5-9H2,2-4H3. The van der Waals surface area contributed by atoms with Crippen molar-refractivity contribution in [2.75, 3.05) is 0 Å². The molecule has 4 nitrogen and oxygen atoms in total. The quantitative estimate of drug-likeness (QED) is 0.319. The number of Topliss-reactive ketones (excluding diaryl/α,β-unsaturated/α-hetero) is 1. The number of ether oxygens (including phenoxy) is 2. The third-order valence-electron chi connectivity index (χ3n) is 6.94. The van der Waals surface area contributed by atoms with E-state index in [2.05, 4.69) is 13.5 Å². The molecule has 0 unspecified atom stereocenters. The summed E-state index contributed by atoms with van der Waals surface area (Å²) in [6, 6.07) is 5.09. The maximum atomic E-state index is 12.0. The maximum Gasteiger partial charge on any atom is 0.338 e. The molecule has 0 atom stereocenters. The number of hydrogen-bond donors (Lipinski definition) is 0. The summed E-state index contributed by atoms with van der Waals surface area (Å²) in [6.07, 6.45) is 6.37. The fourth-order valence-electron chi connectivity index (χ4n) is 5.63. The Labute approximate surface area is 160 Å². The van der Waals surface area contributed by atoms with Crippen molar-refractivity contribution in [2.45, 2.75) is 58.5 Å². The number of carbonyl (C=O) groups excluding carboxylic acids is 2. The molecule has 1 aromatic rings. The Morgan fingerprint density at radius 3 is 2.04 bits per heavy atom. The number of benzene rings is 1. The number of rotatable bonds is 5. The van der Waals surface area contributed by atoms with Crippen molar-refractivity contribution in [3.63, 3.8) is 0 Å². The van der Waals surface area contributed by atoms with E-state index in [1.807, 2.05) is 0 Å². The fraction of sp³-hybridized carbons (Fsp3) is 0.565. The Balaban J connectivity index is 1.63. The zero-order chi connectivity index (χ0) is 19.3. The van der Waals surface area contributed by atoms with E-state index in [4.69, 9.17) is 9.47 Å². The first kappa shape index (κ1) is 18.3. The lowest BCUT2D eigenvalue weighted by molar-refractivity contribution is -0.145. The van der Waals surface area contributed by atoms with E-state index in [0.717, 1.165) is 11.8 Å². The minimum Gasteiger partial charge on any atom is -0.487 e. The molecule has 0 aromatic heterocycles. The van der Waals surface area contributed by atoms with Crippen LogP contribution in [0.4, 0.5) is 0 Å². The molecule has 4 saturated carbocycles. The molecule has 4 bridgehead atoms. The highest BCUT2D eigenvalue weighted by Gasteiger charge is 2.56. The van der Waals surface area contributed by atoms with Crippen LogP contribution in [-0.2, 0) is 4.79 Å². The van der Waals surface area contributed by atoms with E-state index in [1.165, 1.54) is 39.0 Å². The molecule has 27 heavy (non-hydrogen) atoms. The predicted molar refractivity (Wildman–Crippen MR) is 103 cm³/mol. The molecule has 0 saturated heterocycles. The van der Waals surface area contributed by atoms with E-state index in [9.17, 15) is 9.59 Å². The Morgan fingerprint density at radius 1 is 0.963 bits per heavy atom. The van der Waals surface area contributed by atoms with Crippen LogP contribution in [0, 0.1) is 23.7 Å². The summed E-state index contributed by atoms with van der Waals surface area (Å²) in [5.41, 5.74) is 0.599. The van der Waals surface area contributed by atoms with Gasteiger partial charge in [0.05, 0.1) is 0 Å². The minimum absolute atomic E-state index is 0.0803. The van der Waals surface area contributed by atoms with Gasteiger partial charge in [-0.25, -0.2) is 4.79 Å². The van der Waals surface area contributed by atoms with Crippen molar-refractivity contribution in [3.8, 4) is 11.5 Å². The third kappa shape index (κ3) is 3.30. The average molecular weight is 368 g/mol. The van der Waals surface area contributed by atoms with E-state index in [-0.39, 0.29) is 11.4 Å². The van der Waals surface area contributed by atoms with Crippen LogP contribution in [0.3, 0.4) is 0 Å². The third-order valence-corrected chi connectivity index (χ3v) is 6.94. The van der Waals surface area contributed by atoms with E-state index >= 15 is 0 Å². The molecule has 0 heterocycles. The Hall–Kier alpha value is -2.10. The molecule has 0 radical (unpaired) electrons. The van der Waals surface area contributed by atoms with Gasteiger partial charge >= 0.3 is 5.97 Å². The van der Waals surface area contributed by atoms with Crippen molar-refractivity contribution in [2.24, 2.45) is 23.7 Å². The summed E-state index contributed by atoms with van der Waals surface area (Å²) in [7, 11) is 0. The molecule has 4 aliphatic rings. The van der Waals surface area contributed by atoms with Gasteiger partial charge in [-0.15, -0.1) is 0 Å². The van der Waals surface area contributed by atoms with E-state index in [0.29, 0.717) is 34.5 Å². The lowest BCUT2D eigenvalue weighted by atomic mass is 9.50. The van der Waals surface area contributed by atoms with Gasteiger partial charge in [-0.3, -0.25) is 4.79 Å². The zero-order valence-electron chi connectivity index (χ0n) is 16.4. The van der Waals surface area contributed by atoms with Crippen LogP contribution in [0.5, 0.6) is 11.5 Å². The Bertz CT molecular complexity index is 779. The largest absolute Gasteiger partial charge is 0.487 e. The summed E-state index contributed by atoms with van der Waals surface area (Å²) >= 11 is 0. The van der Waals surface area contributed by atoms with Gasteiger partial charge in [-0.05, 0) is 88.7 Å². The SMILES string of the molecule is C=C(C)C(=O)Oc1cc(OC2(C)C3CC4CC(C3)CC2C4)cc(C(C)=O)c1. The lowest BCUT2D eigenvalue weighted by Crippen LogP contribution is -2.59. The smallest absolute Gasteiger partial charge is 0.338 e. The van der Waals surface area contributed by atoms with Crippen LogP contribution in [0.25, 0.3) is 0 Å². The second kappa shape index (κ2) is 6.50. The van der Waals surface area contributed by atoms with Crippen molar-refractivity contribution in [3.05, 3.63) is 35.9 Å². The first-order chi connectivity index (χ1) is 12.7. The molecule has 0 N–H and O–H groups in total. The summed E-state index contributed by atoms with van der Waals surface area (Å²) in [5.74, 6) is 3.22. The summed E-state index contributed by atoms with van der Waals surface area (Å²) < 4.78 is 12.0. The van der Waals surface area contributed by atoms with Gasteiger partial charge in [-0.2, -0.15) is 0 Å². The second-order valence-corrected chi connectivity index (χ2v) is 9.01. The van der Waals surface area contributed by atoms with Gasteiger partial charge in [0, 0.05) is 17.2 Å². The van der Waals surface area contributed by atoms with Crippen molar-refractivity contribution < 1.29 is 19.1 Å². The fourth-order valence-corrected chi connectivity index (χ4v) is 5.63. The second-order valence-electron chi connectivity index (χ2n) is 9.01. The van der Waals surface area contributed by atoms with Crippen molar-refractivity contribution >= 4 is 11.8 Å². The predicted octanol–water partition coefficient (Wildman–Crippen LogP) is 4.96. The Morgan fingerprint density at radius 2 is 1.52 bits per heavy atom. The normalized spacial score (nSPS) is 33.6. The van der Waals surface area contributed by atoms with Crippen LogP contribution >= 0.6 is 0 Å². The van der Waals surface area contributed by atoms with E-state index in [1.54, 1.807) is 25.1 Å². The molecule has 4 heteroatoms. The lowest BCUT2D eigenvalue weighted by Gasteiger charge is -2.59. The van der Waals surface area contributed by atoms with Crippen LogP contribution in [0.1, 0.15) is 63.2 Å². The van der Waals surface area contributed by atoms with Crippen molar-refractivity contribution in [1.82, 2.24) is 0 Å². The van der Waals surface area contributed by atoms with Crippen LogP contribution < -0.4 is 9.47 Å². The topological polar surface area (TPSA) is 52.6 Å². The zero-order valence-corrected chi connectivity index (χ0v) is 16.4. The molecular formula is C23H28O4. The van der Waals surface area contributed by atoms with Gasteiger partial charge in [-0.1, -0.05) is 6.58 Å². The van der Waals surface area contributed by atoms with Gasteiger partial charge in [0.15, 0.2) is 5.78 Å². The van der Waals surface area contributed by atoms with Gasteiger partial charge in [0.2, 0.25) is 0 Å². The summed E-state index contributed by atoms with van der Waals surface area (Å²) in [6.45, 7) is 8.96. The van der Waals surface area contributed by atoms with Crippen LogP contribution in [0.15, 0.2) is 30.4 Å².